The molecule has 0 bridgehead atoms. The number of hydrazone groups is 1. The fourth-order valence-electron chi connectivity index (χ4n) is 2.25. The number of hydrogen-bond donors (Lipinski definition) is 3. The highest BCUT2D eigenvalue weighted by molar-refractivity contribution is 6.27. The van der Waals surface area contributed by atoms with Gasteiger partial charge in [-0.05, 0) is 48.7 Å². The second-order valence-electron chi connectivity index (χ2n) is 4.92. The van der Waals surface area contributed by atoms with Crippen molar-refractivity contribution in [2.45, 2.75) is 12.8 Å². The summed E-state index contributed by atoms with van der Waals surface area (Å²) in [5.74, 6) is -0.156. The Labute approximate surface area is 122 Å². The number of aryl methyl sites for hydroxylation is 1. The highest BCUT2D eigenvalue weighted by atomic mass is 16.2. The lowest BCUT2D eigenvalue weighted by molar-refractivity contribution is -0.116. The lowest BCUT2D eigenvalue weighted by atomic mass is 10.0. The molecule has 3 rings (SSSR count). The molecule has 0 fully saturated rings. The van der Waals surface area contributed by atoms with Crippen LogP contribution in [0.3, 0.4) is 0 Å². The van der Waals surface area contributed by atoms with Gasteiger partial charge >= 0.3 is 0 Å². The normalized spacial score (nSPS) is 16.1. The number of nitrogens with zero attached hydrogens (tertiary/aromatic N) is 1. The quantitative estimate of drug-likeness (QED) is 0.592. The van der Waals surface area contributed by atoms with Gasteiger partial charge in [0.15, 0.2) is 0 Å². The van der Waals surface area contributed by atoms with E-state index >= 15 is 0 Å². The van der Waals surface area contributed by atoms with E-state index < -0.39 is 0 Å². The zero-order valence-corrected chi connectivity index (χ0v) is 11.5. The average Bonchev–Trinajstić information content (AvgIpc) is 3.11. The fraction of sp³-hybridized carbons (Fsp3) is 0.125. The van der Waals surface area contributed by atoms with Gasteiger partial charge in [-0.15, -0.1) is 0 Å². The molecule has 0 radical (unpaired) electrons. The molecule has 0 aliphatic carbocycles. The van der Waals surface area contributed by atoms with Crippen LogP contribution in [0, 0.1) is 0 Å². The predicted octanol–water partition coefficient (Wildman–Crippen LogP) is 2.10. The molecule has 2 aromatic rings. The topological polar surface area (TPSA) is 83.3 Å². The van der Waals surface area contributed by atoms with Crippen LogP contribution >= 0.6 is 0 Å². The smallest absolute Gasteiger partial charge is 0.273 e. The molecule has 0 spiro atoms. The van der Waals surface area contributed by atoms with Crippen LogP contribution in [0.5, 0.6) is 0 Å². The molecular formula is C16H16N4O. The lowest BCUT2D eigenvalue weighted by Gasteiger charge is -2.03. The maximum atomic E-state index is 11.8. The summed E-state index contributed by atoms with van der Waals surface area (Å²) in [4.78, 5) is 14.9. The molecular weight excluding hydrogens is 264 g/mol. The number of benzene rings is 1. The first-order chi connectivity index (χ1) is 10.2. The van der Waals surface area contributed by atoms with Crippen LogP contribution < -0.4 is 11.2 Å². The van der Waals surface area contributed by atoms with Crippen molar-refractivity contribution >= 4 is 23.4 Å². The van der Waals surface area contributed by atoms with Gasteiger partial charge in [-0.2, -0.15) is 5.10 Å². The zero-order valence-electron chi connectivity index (χ0n) is 11.5. The molecule has 2 heterocycles. The van der Waals surface area contributed by atoms with Gasteiger partial charge in [0.2, 0.25) is 0 Å². The number of nitrogens with two attached hydrogens (primary N) is 1. The van der Waals surface area contributed by atoms with Crippen molar-refractivity contribution < 1.29 is 4.79 Å². The summed E-state index contributed by atoms with van der Waals surface area (Å²) in [5, 5.41) is 4.12. The van der Waals surface area contributed by atoms with Gasteiger partial charge in [-0.1, -0.05) is 12.1 Å². The third-order valence-electron chi connectivity index (χ3n) is 3.40. The number of amides is 1. The van der Waals surface area contributed by atoms with Crippen molar-refractivity contribution in [3.63, 3.8) is 0 Å². The fourth-order valence-corrected chi connectivity index (χ4v) is 2.25. The molecule has 0 saturated heterocycles. The molecule has 0 saturated carbocycles. The monoisotopic (exact) mass is 280 g/mol. The van der Waals surface area contributed by atoms with Crippen molar-refractivity contribution in [1.29, 1.82) is 0 Å². The number of carbonyl (C=O) groups excluding carboxylic acids is 1. The number of nitrogens with one attached hydrogen (secondary N) is 2. The van der Waals surface area contributed by atoms with E-state index in [1.54, 1.807) is 0 Å². The van der Waals surface area contributed by atoms with E-state index in [0.29, 0.717) is 12.0 Å². The molecule has 0 atom stereocenters. The number of aromatic nitrogens is 1. The SMILES string of the molecule is Nc1ccc(CCC2=NNC(=O)C2=Cc2ccc[nH]2)cc1. The number of carbonyl (C=O) groups is 1. The van der Waals surface area contributed by atoms with Gasteiger partial charge in [0.1, 0.15) is 0 Å². The largest absolute Gasteiger partial charge is 0.399 e. The Hall–Kier alpha value is -2.82. The highest BCUT2D eigenvalue weighted by Crippen LogP contribution is 2.16. The predicted molar refractivity (Wildman–Crippen MR) is 83.5 cm³/mol. The van der Waals surface area contributed by atoms with E-state index in [1.165, 1.54) is 5.56 Å². The lowest BCUT2D eigenvalue weighted by Crippen LogP contribution is -2.13. The molecule has 0 unspecified atom stereocenters. The second-order valence-corrected chi connectivity index (χ2v) is 4.92. The van der Waals surface area contributed by atoms with Crippen LogP contribution in [-0.2, 0) is 11.2 Å². The number of hydrogen-bond acceptors (Lipinski definition) is 3. The van der Waals surface area contributed by atoms with Gasteiger partial charge in [0, 0.05) is 17.6 Å². The summed E-state index contributed by atoms with van der Waals surface area (Å²) in [6.45, 7) is 0. The minimum atomic E-state index is -0.156. The van der Waals surface area contributed by atoms with Crippen molar-refractivity contribution in [2.75, 3.05) is 5.73 Å². The van der Waals surface area contributed by atoms with E-state index in [2.05, 4.69) is 15.5 Å². The second kappa shape index (κ2) is 5.66. The van der Waals surface area contributed by atoms with Gasteiger partial charge in [0.25, 0.3) is 5.91 Å². The Kier molecular flexibility index (Phi) is 3.55. The number of aromatic amines is 1. The van der Waals surface area contributed by atoms with Crippen LogP contribution in [0.25, 0.3) is 6.08 Å². The van der Waals surface area contributed by atoms with E-state index in [4.69, 9.17) is 5.73 Å². The average molecular weight is 280 g/mol. The number of rotatable bonds is 4. The van der Waals surface area contributed by atoms with Crippen molar-refractivity contribution in [1.82, 2.24) is 10.4 Å². The third kappa shape index (κ3) is 3.02. The Morgan fingerprint density at radius 3 is 2.67 bits per heavy atom. The molecule has 5 nitrogen and oxygen atoms in total. The molecule has 1 aromatic heterocycles. The van der Waals surface area contributed by atoms with Gasteiger partial charge in [0.05, 0.1) is 11.3 Å². The van der Waals surface area contributed by atoms with Gasteiger partial charge < -0.3 is 10.7 Å². The molecule has 1 aliphatic heterocycles. The first-order valence-corrected chi connectivity index (χ1v) is 6.79. The van der Waals surface area contributed by atoms with Crippen molar-refractivity contribution in [3.05, 3.63) is 59.4 Å². The van der Waals surface area contributed by atoms with Crippen molar-refractivity contribution in [3.8, 4) is 0 Å². The summed E-state index contributed by atoms with van der Waals surface area (Å²) in [7, 11) is 0. The van der Waals surface area contributed by atoms with Crippen LogP contribution in [0.4, 0.5) is 5.69 Å². The summed E-state index contributed by atoms with van der Waals surface area (Å²) < 4.78 is 0. The Morgan fingerprint density at radius 2 is 1.95 bits per heavy atom. The number of H-pyrrole nitrogens is 1. The Morgan fingerprint density at radius 1 is 1.14 bits per heavy atom. The van der Waals surface area contributed by atoms with Crippen LogP contribution in [-0.4, -0.2) is 16.6 Å². The minimum Gasteiger partial charge on any atom is -0.399 e. The third-order valence-corrected chi connectivity index (χ3v) is 3.40. The standard InChI is InChI=1S/C16H16N4O/c17-12-6-3-11(4-7-12)5-8-15-14(16(21)20-19-15)10-13-2-1-9-18-13/h1-4,6-7,9-10,18H,5,8,17H2,(H,20,21). The van der Waals surface area contributed by atoms with Gasteiger partial charge in [-0.3, -0.25) is 4.79 Å². The van der Waals surface area contributed by atoms with E-state index in [-0.39, 0.29) is 5.91 Å². The molecule has 106 valence electrons. The molecule has 1 amide bonds. The van der Waals surface area contributed by atoms with Crippen LogP contribution in [0.2, 0.25) is 0 Å². The van der Waals surface area contributed by atoms with Crippen LogP contribution in [0.1, 0.15) is 17.7 Å². The molecule has 1 aliphatic rings. The van der Waals surface area contributed by atoms with E-state index in [9.17, 15) is 4.79 Å². The van der Waals surface area contributed by atoms with E-state index in [0.717, 1.165) is 23.5 Å². The molecule has 5 heteroatoms. The molecule has 21 heavy (non-hydrogen) atoms. The Balaban J connectivity index is 1.72. The summed E-state index contributed by atoms with van der Waals surface area (Å²) in [5.41, 5.74) is 12.4. The summed E-state index contributed by atoms with van der Waals surface area (Å²) >= 11 is 0. The zero-order chi connectivity index (χ0) is 14.7. The highest BCUT2D eigenvalue weighted by Gasteiger charge is 2.22. The maximum absolute atomic E-state index is 11.8. The first-order valence-electron chi connectivity index (χ1n) is 6.79. The van der Waals surface area contributed by atoms with Gasteiger partial charge in [-0.25, -0.2) is 5.43 Å². The first kappa shape index (κ1) is 13.2. The van der Waals surface area contributed by atoms with Crippen molar-refractivity contribution in [2.24, 2.45) is 5.10 Å². The summed E-state index contributed by atoms with van der Waals surface area (Å²) in [6.07, 6.45) is 5.17. The number of nitrogen functional groups attached to an aromatic ring is 1. The molecule has 4 N–H and O–H groups in total. The van der Waals surface area contributed by atoms with E-state index in [1.807, 2.05) is 48.7 Å². The Bertz CT molecular complexity index is 696. The number of anilines is 1. The molecule has 1 aromatic carbocycles. The maximum Gasteiger partial charge on any atom is 0.273 e. The van der Waals surface area contributed by atoms with Crippen LogP contribution in [0.15, 0.2) is 53.3 Å². The summed E-state index contributed by atoms with van der Waals surface area (Å²) in [6, 6.07) is 11.6. The minimum absolute atomic E-state index is 0.156.